The van der Waals surface area contributed by atoms with Crippen LogP contribution in [0.3, 0.4) is 0 Å². The molecule has 6 nitrogen and oxygen atoms in total. The normalized spacial score (nSPS) is 9.76. The van der Waals surface area contributed by atoms with Crippen molar-refractivity contribution in [1.29, 1.82) is 0 Å². The van der Waals surface area contributed by atoms with E-state index >= 15 is 0 Å². The highest BCUT2D eigenvalue weighted by Crippen LogP contribution is 2.28. The van der Waals surface area contributed by atoms with E-state index in [2.05, 4.69) is 4.74 Å². The van der Waals surface area contributed by atoms with Gasteiger partial charge in [-0.05, 0) is 6.07 Å². The zero-order chi connectivity index (χ0) is 12.8. The smallest absolute Gasteiger partial charge is 0.308 e. The first-order valence-electron chi connectivity index (χ1n) is 4.68. The fraction of sp³-hybridized carbons (Fsp3) is 0.300. The largest absolute Gasteiger partial charge is 0.491 e. The van der Waals surface area contributed by atoms with E-state index in [1.165, 1.54) is 25.3 Å². The first-order chi connectivity index (χ1) is 8.04. The van der Waals surface area contributed by atoms with Gasteiger partial charge >= 0.3 is 5.97 Å². The molecule has 0 bridgehead atoms. The number of nitro groups is 1. The van der Waals surface area contributed by atoms with Crippen LogP contribution in [0.2, 0.25) is 5.02 Å². The van der Waals surface area contributed by atoms with Crippen molar-refractivity contribution in [2.45, 2.75) is 6.42 Å². The molecule has 1 aromatic carbocycles. The van der Waals surface area contributed by atoms with Crippen molar-refractivity contribution in [3.63, 3.8) is 0 Å². The summed E-state index contributed by atoms with van der Waals surface area (Å²) in [6.07, 6.45) is 0.0511. The number of rotatable bonds is 5. The van der Waals surface area contributed by atoms with E-state index in [9.17, 15) is 14.9 Å². The second-order valence-corrected chi connectivity index (χ2v) is 3.45. The van der Waals surface area contributed by atoms with Gasteiger partial charge in [-0.25, -0.2) is 0 Å². The number of nitrogens with zero attached hydrogens (tertiary/aromatic N) is 1. The van der Waals surface area contributed by atoms with Gasteiger partial charge in [-0.15, -0.1) is 0 Å². The third kappa shape index (κ3) is 3.92. The molecule has 0 spiro atoms. The van der Waals surface area contributed by atoms with Crippen molar-refractivity contribution < 1.29 is 19.2 Å². The van der Waals surface area contributed by atoms with Crippen LogP contribution in [0.4, 0.5) is 5.69 Å². The number of esters is 1. The number of methoxy groups -OCH3 is 1. The van der Waals surface area contributed by atoms with Gasteiger partial charge in [-0.1, -0.05) is 11.6 Å². The van der Waals surface area contributed by atoms with E-state index in [0.717, 1.165) is 0 Å². The van der Waals surface area contributed by atoms with Crippen molar-refractivity contribution in [2.24, 2.45) is 0 Å². The van der Waals surface area contributed by atoms with Crippen LogP contribution in [0, 0.1) is 10.1 Å². The number of hydrogen-bond donors (Lipinski definition) is 0. The van der Waals surface area contributed by atoms with E-state index in [0.29, 0.717) is 0 Å². The summed E-state index contributed by atoms with van der Waals surface area (Å²) >= 11 is 5.79. The van der Waals surface area contributed by atoms with Crippen LogP contribution in [0.25, 0.3) is 0 Å². The summed E-state index contributed by atoms with van der Waals surface area (Å²) in [6, 6.07) is 3.85. The van der Waals surface area contributed by atoms with Gasteiger partial charge in [0.2, 0.25) is 0 Å². The Kier molecular flexibility index (Phi) is 4.71. The molecule has 0 unspecified atom stereocenters. The van der Waals surface area contributed by atoms with Crippen LogP contribution in [-0.4, -0.2) is 24.6 Å². The van der Waals surface area contributed by atoms with E-state index < -0.39 is 10.9 Å². The summed E-state index contributed by atoms with van der Waals surface area (Å²) in [4.78, 5) is 20.8. The quantitative estimate of drug-likeness (QED) is 0.460. The van der Waals surface area contributed by atoms with Crippen LogP contribution in [0.15, 0.2) is 18.2 Å². The van der Waals surface area contributed by atoms with E-state index in [1.807, 2.05) is 0 Å². The molecule has 0 N–H and O–H groups in total. The van der Waals surface area contributed by atoms with Gasteiger partial charge in [-0.2, -0.15) is 0 Å². The molecule has 0 radical (unpaired) electrons. The second-order valence-electron chi connectivity index (χ2n) is 3.05. The van der Waals surface area contributed by atoms with Crippen molar-refractivity contribution in [3.05, 3.63) is 33.3 Å². The number of halogens is 1. The maximum Gasteiger partial charge on any atom is 0.308 e. The molecule has 0 atom stereocenters. The summed E-state index contributed by atoms with van der Waals surface area (Å²) in [5.74, 6) is -0.253. The third-order valence-electron chi connectivity index (χ3n) is 1.92. The molecule has 7 heteroatoms. The fourth-order valence-corrected chi connectivity index (χ4v) is 1.23. The molecule has 0 heterocycles. The Balaban J connectivity index is 2.66. The molecular weight excluding hydrogens is 250 g/mol. The van der Waals surface area contributed by atoms with Crippen LogP contribution >= 0.6 is 11.6 Å². The van der Waals surface area contributed by atoms with Gasteiger partial charge in [0, 0.05) is 6.07 Å². The summed E-state index contributed by atoms with van der Waals surface area (Å²) in [5.41, 5.74) is -0.123. The van der Waals surface area contributed by atoms with Gasteiger partial charge < -0.3 is 9.47 Å². The zero-order valence-corrected chi connectivity index (χ0v) is 9.77. The molecule has 0 aliphatic rings. The second kappa shape index (κ2) is 6.05. The highest BCUT2D eigenvalue weighted by Gasteiger charge is 2.11. The molecular formula is C10H10ClNO5. The number of carbonyl (C=O) groups is 1. The van der Waals surface area contributed by atoms with E-state index in [1.54, 1.807) is 0 Å². The number of carbonyl (C=O) groups excluding carboxylic acids is 1. The van der Waals surface area contributed by atoms with Crippen LogP contribution in [0.1, 0.15) is 6.42 Å². The summed E-state index contributed by atoms with van der Waals surface area (Å²) in [7, 11) is 1.27. The summed E-state index contributed by atoms with van der Waals surface area (Å²) in [5, 5.41) is 10.8. The minimum absolute atomic E-state index is 0.0492. The number of non-ortho nitro benzene ring substituents is 1. The van der Waals surface area contributed by atoms with E-state index in [4.69, 9.17) is 16.3 Å². The number of hydrogen-bond acceptors (Lipinski definition) is 5. The molecule has 0 aromatic heterocycles. The van der Waals surface area contributed by atoms with Crippen LogP contribution in [0.5, 0.6) is 5.75 Å². The first-order valence-corrected chi connectivity index (χ1v) is 5.06. The Morgan fingerprint density at radius 3 is 2.82 bits per heavy atom. The van der Waals surface area contributed by atoms with Crippen LogP contribution < -0.4 is 4.74 Å². The van der Waals surface area contributed by atoms with Gasteiger partial charge in [0.15, 0.2) is 0 Å². The van der Waals surface area contributed by atoms with Crippen molar-refractivity contribution in [3.8, 4) is 5.75 Å². The molecule has 92 valence electrons. The minimum Gasteiger partial charge on any atom is -0.491 e. The summed E-state index contributed by atoms with van der Waals surface area (Å²) < 4.78 is 9.58. The zero-order valence-electron chi connectivity index (χ0n) is 9.01. The van der Waals surface area contributed by atoms with Crippen molar-refractivity contribution in [1.82, 2.24) is 0 Å². The molecule has 0 aliphatic carbocycles. The number of benzene rings is 1. The van der Waals surface area contributed by atoms with Crippen molar-refractivity contribution >= 4 is 23.3 Å². The number of nitro benzene ring substituents is 1. The predicted octanol–water partition coefficient (Wildman–Crippen LogP) is 2.19. The third-order valence-corrected chi connectivity index (χ3v) is 2.23. The van der Waals surface area contributed by atoms with Crippen molar-refractivity contribution in [2.75, 3.05) is 13.7 Å². The number of ether oxygens (including phenoxy) is 2. The average molecular weight is 260 g/mol. The Labute approximate surface area is 102 Å². The Bertz CT molecular complexity index is 435. The first kappa shape index (κ1) is 13.2. The maximum absolute atomic E-state index is 10.8. The van der Waals surface area contributed by atoms with Gasteiger partial charge in [0.1, 0.15) is 5.75 Å². The average Bonchev–Trinajstić information content (AvgIpc) is 2.30. The minimum atomic E-state index is -0.552. The highest BCUT2D eigenvalue weighted by atomic mass is 35.5. The lowest BCUT2D eigenvalue weighted by Gasteiger charge is -2.06. The van der Waals surface area contributed by atoms with Gasteiger partial charge in [0.25, 0.3) is 5.69 Å². The molecule has 0 fully saturated rings. The fourth-order valence-electron chi connectivity index (χ4n) is 1.06. The monoisotopic (exact) mass is 259 g/mol. The Morgan fingerprint density at radius 2 is 2.24 bits per heavy atom. The lowest BCUT2D eigenvalue weighted by atomic mass is 10.3. The molecule has 0 aliphatic heterocycles. The summed E-state index contributed by atoms with van der Waals surface area (Å²) in [6.45, 7) is 0.0492. The van der Waals surface area contributed by atoms with Gasteiger partial charge in [-0.3, -0.25) is 14.9 Å². The molecule has 0 amide bonds. The molecule has 0 saturated heterocycles. The lowest BCUT2D eigenvalue weighted by molar-refractivity contribution is -0.384. The Hall–Kier alpha value is -1.82. The predicted molar refractivity (Wildman–Crippen MR) is 60.2 cm³/mol. The molecule has 1 aromatic rings. The standard InChI is InChI=1S/C10H10ClNO5/c1-16-10(13)4-5-17-9-6-7(12(14)15)2-3-8(9)11/h2-3,6H,4-5H2,1H3. The topological polar surface area (TPSA) is 78.7 Å². The van der Waals surface area contributed by atoms with Crippen LogP contribution in [-0.2, 0) is 9.53 Å². The molecule has 0 saturated carbocycles. The maximum atomic E-state index is 10.8. The van der Waals surface area contributed by atoms with E-state index in [-0.39, 0.29) is 29.5 Å². The van der Waals surface area contributed by atoms with Gasteiger partial charge in [0.05, 0.1) is 36.1 Å². The lowest BCUT2D eigenvalue weighted by Crippen LogP contribution is -2.07. The molecule has 17 heavy (non-hydrogen) atoms. The Morgan fingerprint density at radius 1 is 1.53 bits per heavy atom. The SMILES string of the molecule is COC(=O)CCOc1cc([N+](=O)[O-])ccc1Cl. The molecule has 1 rings (SSSR count). The highest BCUT2D eigenvalue weighted by molar-refractivity contribution is 6.32.